The predicted molar refractivity (Wildman–Crippen MR) is 95.0 cm³/mol. The molecule has 0 spiro atoms. The summed E-state index contributed by atoms with van der Waals surface area (Å²) in [5, 5.41) is -0.642. The molecule has 0 radical (unpaired) electrons. The molecule has 3 rings (SSSR count). The monoisotopic (exact) mass is 412 g/mol. The zero-order chi connectivity index (χ0) is 17.3. The number of nitrogens with zero attached hydrogens (tertiary/aromatic N) is 1. The second-order valence-electron chi connectivity index (χ2n) is 5.87. The maximum Gasteiger partial charge on any atom is 0.222 e. The maximum atomic E-state index is 14.1. The first-order valence-corrected chi connectivity index (χ1v) is 9.94. The lowest BCUT2D eigenvalue weighted by Crippen LogP contribution is -2.50. The molecule has 7 heteroatoms. The highest BCUT2D eigenvalue weighted by Crippen LogP contribution is 2.37. The molecule has 24 heavy (non-hydrogen) atoms. The lowest BCUT2D eigenvalue weighted by molar-refractivity contribution is 0.268. The lowest BCUT2D eigenvalue weighted by Gasteiger charge is -2.37. The van der Waals surface area contributed by atoms with Gasteiger partial charge in [0.2, 0.25) is 10.0 Å². The van der Waals surface area contributed by atoms with Crippen LogP contribution in [0, 0.1) is 5.82 Å². The molecule has 1 heterocycles. The molecule has 2 atom stereocenters. The molecular weight excluding hydrogens is 395 g/mol. The number of nitrogens with two attached hydrogens (primary N) is 1. The Morgan fingerprint density at radius 1 is 1.17 bits per heavy atom. The van der Waals surface area contributed by atoms with Crippen LogP contribution in [0.4, 0.5) is 4.39 Å². The summed E-state index contributed by atoms with van der Waals surface area (Å²) < 4.78 is 42.0. The molecule has 1 fully saturated rings. The third-order valence-electron chi connectivity index (χ3n) is 4.29. The summed E-state index contributed by atoms with van der Waals surface area (Å²) in [6.45, 7) is -0.0635. The van der Waals surface area contributed by atoms with Crippen molar-refractivity contribution in [3.63, 3.8) is 0 Å². The summed E-state index contributed by atoms with van der Waals surface area (Å²) in [7, 11) is -3.66. The zero-order valence-electron chi connectivity index (χ0n) is 12.9. The molecule has 0 aromatic heterocycles. The van der Waals surface area contributed by atoms with Crippen LogP contribution >= 0.6 is 15.9 Å². The van der Waals surface area contributed by atoms with Crippen LogP contribution in [-0.2, 0) is 16.6 Å². The SMILES string of the molecule is N[C@H]1CC[C@H](c2ccccc2)S(=O)(=O)N1Cc1ccc(Br)cc1F. The average Bonchev–Trinajstić information content (AvgIpc) is 2.53. The Morgan fingerprint density at radius 3 is 2.54 bits per heavy atom. The molecule has 2 N–H and O–H groups in total. The minimum Gasteiger partial charge on any atom is -0.315 e. The van der Waals surface area contributed by atoms with Gasteiger partial charge >= 0.3 is 0 Å². The molecule has 0 bridgehead atoms. The Bertz CT molecular complexity index is 830. The Kier molecular flexibility index (Phi) is 5.05. The van der Waals surface area contributed by atoms with Crippen molar-refractivity contribution >= 4 is 26.0 Å². The fourth-order valence-electron chi connectivity index (χ4n) is 3.00. The van der Waals surface area contributed by atoms with Crippen LogP contribution in [0.25, 0.3) is 0 Å². The van der Waals surface area contributed by atoms with Crippen molar-refractivity contribution in [1.29, 1.82) is 0 Å². The van der Waals surface area contributed by atoms with E-state index in [1.807, 2.05) is 18.2 Å². The molecule has 1 aliphatic rings. The molecule has 2 aromatic carbocycles. The van der Waals surface area contributed by atoms with Crippen molar-refractivity contribution < 1.29 is 12.8 Å². The molecule has 1 aliphatic heterocycles. The van der Waals surface area contributed by atoms with E-state index in [2.05, 4.69) is 15.9 Å². The van der Waals surface area contributed by atoms with Crippen LogP contribution in [0.2, 0.25) is 0 Å². The van der Waals surface area contributed by atoms with Gasteiger partial charge in [0.25, 0.3) is 0 Å². The molecule has 0 saturated carbocycles. The summed E-state index contributed by atoms with van der Waals surface area (Å²) in [6, 6.07) is 13.7. The van der Waals surface area contributed by atoms with Crippen LogP contribution < -0.4 is 5.73 Å². The van der Waals surface area contributed by atoms with E-state index >= 15 is 0 Å². The average molecular weight is 413 g/mol. The molecular formula is C17H18BrFN2O2S. The number of sulfonamides is 1. The largest absolute Gasteiger partial charge is 0.315 e. The third kappa shape index (κ3) is 3.39. The first kappa shape index (κ1) is 17.5. The standard InChI is InChI=1S/C17H18BrFN2O2S/c18-14-7-6-13(15(19)10-14)11-21-17(20)9-8-16(24(21,22)23)12-4-2-1-3-5-12/h1-7,10,16-17H,8-9,11,20H2/t16-,17-/m1/s1. The number of hydrogen-bond donors (Lipinski definition) is 1. The van der Waals surface area contributed by atoms with Crippen molar-refractivity contribution in [2.75, 3.05) is 0 Å². The van der Waals surface area contributed by atoms with Crippen LogP contribution in [-0.4, -0.2) is 18.9 Å². The van der Waals surface area contributed by atoms with E-state index in [9.17, 15) is 12.8 Å². The van der Waals surface area contributed by atoms with E-state index in [0.29, 0.717) is 22.9 Å². The second-order valence-corrected chi connectivity index (χ2v) is 8.85. The molecule has 128 valence electrons. The highest BCUT2D eigenvalue weighted by Gasteiger charge is 2.41. The predicted octanol–water partition coefficient (Wildman–Crippen LogP) is 3.54. The van der Waals surface area contributed by atoms with E-state index in [4.69, 9.17) is 5.73 Å². The van der Waals surface area contributed by atoms with Crippen molar-refractivity contribution in [3.8, 4) is 0 Å². The highest BCUT2D eigenvalue weighted by atomic mass is 79.9. The number of hydrogen-bond acceptors (Lipinski definition) is 3. The lowest BCUT2D eigenvalue weighted by atomic mass is 10.1. The fourth-order valence-corrected chi connectivity index (χ4v) is 5.40. The number of benzene rings is 2. The van der Waals surface area contributed by atoms with E-state index in [0.717, 1.165) is 5.56 Å². The quantitative estimate of drug-likeness (QED) is 0.838. The van der Waals surface area contributed by atoms with E-state index in [-0.39, 0.29) is 6.54 Å². The van der Waals surface area contributed by atoms with Crippen molar-refractivity contribution in [3.05, 3.63) is 69.9 Å². The molecule has 0 unspecified atom stereocenters. The van der Waals surface area contributed by atoms with Gasteiger partial charge in [0.15, 0.2) is 0 Å². The first-order valence-electron chi connectivity index (χ1n) is 7.64. The van der Waals surface area contributed by atoms with Gasteiger partial charge in [0.1, 0.15) is 11.1 Å². The van der Waals surface area contributed by atoms with Gasteiger partial charge in [-0.05, 0) is 30.5 Å². The molecule has 4 nitrogen and oxygen atoms in total. The van der Waals surface area contributed by atoms with E-state index in [1.165, 1.54) is 10.4 Å². The highest BCUT2D eigenvalue weighted by molar-refractivity contribution is 9.10. The fraction of sp³-hybridized carbons (Fsp3) is 0.294. The van der Waals surface area contributed by atoms with Gasteiger partial charge in [-0.2, -0.15) is 4.31 Å². The van der Waals surface area contributed by atoms with Gasteiger partial charge in [0.05, 0.1) is 6.17 Å². The summed E-state index contributed by atoms with van der Waals surface area (Å²) in [5.41, 5.74) is 7.09. The zero-order valence-corrected chi connectivity index (χ0v) is 15.3. The normalized spacial score (nSPS) is 24.0. The Balaban J connectivity index is 1.93. The van der Waals surface area contributed by atoms with Crippen molar-refractivity contribution in [2.24, 2.45) is 5.73 Å². The number of halogens is 2. The van der Waals surface area contributed by atoms with Crippen LogP contribution in [0.15, 0.2) is 53.0 Å². The van der Waals surface area contributed by atoms with Crippen molar-refractivity contribution in [2.45, 2.75) is 30.8 Å². The van der Waals surface area contributed by atoms with Crippen LogP contribution in [0.5, 0.6) is 0 Å². The van der Waals surface area contributed by atoms with Crippen molar-refractivity contribution in [1.82, 2.24) is 4.31 Å². The van der Waals surface area contributed by atoms with Gasteiger partial charge < -0.3 is 5.73 Å². The summed E-state index contributed by atoms with van der Waals surface area (Å²) in [5.74, 6) is -0.450. The third-order valence-corrected chi connectivity index (χ3v) is 7.07. The maximum absolute atomic E-state index is 14.1. The summed E-state index contributed by atoms with van der Waals surface area (Å²) in [4.78, 5) is 0. The minimum absolute atomic E-state index is 0.0635. The van der Waals surface area contributed by atoms with Gasteiger partial charge in [-0.25, -0.2) is 12.8 Å². The minimum atomic E-state index is -3.66. The summed E-state index contributed by atoms with van der Waals surface area (Å²) in [6.07, 6.45) is 0.363. The molecule has 0 aliphatic carbocycles. The molecule has 0 amide bonds. The second kappa shape index (κ2) is 6.92. The Labute approximate surface area is 149 Å². The smallest absolute Gasteiger partial charge is 0.222 e. The first-order chi connectivity index (χ1) is 11.4. The van der Waals surface area contributed by atoms with Crippen LogP contribution in [0.1, 0.15) is 29.2 Å². The molecule has 1 saturated heterocycles. The Hall–Kier alpha value is -1.28. The number of rotatable bonds is 3. The topological polar surface area (TPSA) is 63.4 Å². The van der Waals surface area contributed by atoms with Gasteiger partial charge in [-0.1, -0.05) is 52.3 Å². The van der Waals surface area contributed by atoms with Gasteiger partial charge in [-0.3, -0.25) is 0 Å². The van der Waals surface area contributed by atoms with Gasteiger partial charge in [0, 0.05) is 16.6 Å². The summed E-state index contributed by atoms with van der Waals surface area (Å²) >= 11 is 3.20. The molecule has 2 aromatic rings. The Morgan fingerprint density at radius 2 is 1.88 bits per heavy atom. The van der Waals surface area contributed by atoms with E-state index < -0.39 is 27.3 Å². The van der Waals surface area contributed by atoms with Gasteiger partial charge in [-0.15, -0.1) is 0 Å². The van der Waals surface area contributed by atoms with Crippen LogP contribution in [0.3, 0.4) is 0 Å². The van der Waals surface area contributed by atoms with E-state index in [1.54, 1.807) is 24.3 Å².